The average Bonchev–Trinajstić information content (AvgIpc) is 3.04. The molecule has 2 aromatic rings. The third-order valence-electron chi connectivity index (χ3n) is 3.92. The first-order chi connectivity index (χ1) is 12.2. The Hall–Kier alpha value is -2.08. The third-order valence-corrected chi connectivity index (χ3v) is 4.45. The highest BCUT2D eigenvalue weighted by Crippen LogP contribution is 2.20. The fourth-order valence-corrected chi connectivity index (χ4v) is 2.82. The van der Waals surface area contributed by atoms with E-state index in [0.29, 0.717) is 24.1 Å². The number of hydrogen-bond acceptors (Lipinski definition) is 6. The fourth-order valence-electron chi connectivity index (χ4n) is 2.56. The van der Waals surface area contributed by atoms with E-state index in [1.54, 1.807) is 0 Å². The molecule has 25 heavy (non-hydrogen) atoms. The summed E-state index contributed by atoms with van der Waals surface area (Å²) in [6.45, 7) is 5.46. The van der Waals surface area contributed by atoms with Gasteiger partial charge in [0.1, 0.15) is 24.9 Å². The van der Waals surface area contributed by atoms with Crippen molar-refractivity contribution in [2.75, 3.05) is 44.7 Å². The number of hydrogen-bond donors (Lipinski definition) is 2. The monoisotopic (exact) mass is 407 g/mol. The molecule has 7 nitrogen and oxygen atoms in total. The molecule has 0 saturated carbocycles. The molecule has 2 N–H and O–H groups in total. The van der Waals surface area contributed by atoms with Gasteiger partial charge in [-0.3, -0.25) is 0 Å². The molecular formula is C17H20BrN4O3+. The van der Waals surface area contributed by atoms with Gasteiger partial charge in [0.05, 0.1) is 26.3 Å². The number of nitrogens with zero attached hydrogens (tertiary/aromatic N) is 2. The van der Waals surface area contributed by atoms with Crippen LogP contribution in [0, 0.1) is 11.3 Å². The molecule has 1 aromatic carbocycles. The zero-order valence-electron chi connectivity index (χ0n) is 13.8. The molecule has 0 radical (unpaired) electrons. The highest BCUT2D eigenvalue weighted by molar-refractivity contribution is 9.10. The van der Waals surface area contributed by atoms with Gasteiger partial charge >= 0.3 is 0 Å². The maximum Gasteiger partial charge on any atom is 0.236 e. The molecule has 0 bridgehead atoms. The first-order valence-corrected chi connectivity index (χ1v) is 8.97. The van der Waals surface area contributed by atoms with Gasteiger partial charge in [-0.25, -0.2) is 0 Å². The van der Waals surface area contributed by atoms with Crippen molar-refractivity contribution in [3.63, 3.8) is 0 Å². The summed E-state index contributed by atoms with van der Waals surface area (Å²) in [5.41, 5.74) is 0.256. The van der Waals surface area contributed by atoms with Crippen LogP contribution in [0.15, 0.2) is 33.2 Å². The smallest absolute Gasteiger partial charge is 0.236 e. The molecule has 0 aliphatic carbocycles. The Balaban J connectivity index is 1.51. The summed E-state index contributed by atoms with van der Waals surface area (Å²) < 4.78 is 17.6. The molecule has 1 fully saturated rings. The van der Waals surface area contributed by atoms with Crippen LogP contribution < -0.4 is 15.0 Å². The standard InChI is InChI=1S/C17H19BrN4O3/c18-13-1-3-14(4-2-13)24-12-16-21-15(11-19)17(25-16)20-5-6-22-7-9-23-10-8-22/h1-4,20H,5-10,12H2/p+1. The van der Waals surface area contributed by atoms with Crippen LogP contribution in [0.4, 0.5) is 5.88 Å². The maximum atomic E-state index is 9.22. The number of oxazole rings is 1. The van der Waals surface area contributed by atoms with Gasteiger partial charge in [-0.05, 0) is 24.3 Å². The largest absolute Gasteiger partial charge is 0.484 e. The van der Waals surface area contributed by atoms with Gasteiger partial charge in [0.2, 0.25) is 17.5 Å². The van der Waals surface area contributed by atoms with Crippen molar-refractivity contribution in [2.45, 2.75) is 6.61 Å². The molecule has 132 valence electrons. The lowest BCUT2D eigenvalue weighted by Gasteiger charge is -2.23. The van der Waals surface area contributed by atoms with E-state index in [0.717, 1.165) is 37.3 Å². The highest BCUT2D eigenvalue weighted by atomic mass is 79.9. The summed E-state index contributed by atoms with van der Waals surface area (Å²) >= 11 is 3.38. The Kier molecular flexibility index (Phi) is 6.28. The Morgan fingerprint density at radius 1 is 1.28 bits per heavy atom. The Bertz CT molecular complexity index is 720. The number of nitriles is 1. The number of ether oxygens (including phenoxy) is 2. The second-order valence-electron chi connectivity index (χ2n) is 5.68. The summed E-state index contributed by atoms with van der Waals surface area (Å²) in [6, 6.07) is 9.54. The van der Waals surface area contributed by atoms with E-state index in [4.69, 9.17) is 13.9 Å². The second kappa shape index (κ2) is 8.85. The van der Waals surface area contributed by atoms with Crippen LogP contribution in [-0.2, 0) is 11.3 Å². The molecular weight excluding hydrogens is 388 g/mol. The van der Waals surface area contributed by atoms with Crippen LogP contribution in [0.3, 0.4) is 0 Å². The van der Waals surface area contributed by atoms with Crippen LogP contribution in [0.2, 0.25) is 0 Å². The van der Waals surface area contributed by atoms with Crippen LogP contribution in [0.1, 0.15) is 11.6 Å². The predicted octanol–water partition coefficient (Wildman–Crippen LogP) is 1.21. The molecule has 1 aliphatic heterocycles. The summed E-state index contributed by atoms with van der Waals surface area (Å²) in [5.74, 6) is 1.50. The lowest BCUT2D eigenvalue weighted by molar-refractivity contribution is -0.906. The SMILES string of the molecule is N#Cc1nc(COc2ccc(Br)cc2)oc1NCC[NH+]1CCOCC1. The Morgan fingerprint density at radius 3 is 2.76 bits per heavy atom. The van der Waals surface area contributed by atoms with Crippen LogP contribution in [0.5, 0.6) is 5.75 Å². The molecule has 1 aromatic heterocycles. The normalized spacial score (nSPS) is 14.9. The molecule has 3 rings (SSSR count). The number of benzene rings is 1. The zero-order valence-corrected chi connectivity index (χ0v) is 15.3. The maximum absolute atomic E-state index is 9.22. The lowest BCUT2D eigenvalue weighted by Crippen LogP contribution is -3.14. The van der Waals surface area contributed by atoms with E-state index in [1.165, 1.54) is 4.90 Å². The minimum absolute atomic E-state index is 0.173. The minimum Gasteiger partial charge on any atom is -0.484 e. The molecule has 8 heteroatoms. The number of nitrogens with one attached hydrogen (secondary N) is 2. The van der Waals surface area contributed by atoms with E-state index in [2.05, 4.69) is 32.3 Å². The highest BCUT2D eigenvalue weighted by Gasteiger charge is 2.16. The first kappa shape index (κ1) is 17.7. The van der Waals surface area contributed by atoms with E-state index in [1.807, 2.05) is 24.3 Å². The van der Waals surface area contributed by atoms with E-state index in [-0.39, 0.29) is 12.3 Å². The van der Waals surface area contributed by atoms with Gasteiger partial charge in [0, 0.05) is 4.47 Å². The van der Waals surface area contributed by atoms with Crippen molar-refractivity contribution >= 4 is 21.8 Å². The number of halogens is 1. The summed E-state index contributed by atoms with van der Waals surface area (Å²) in [5, 5.41) is 12.4. The van der Waals surface area contributed by atoms with Crippen LogP contribution >= 0.6 is 15.9 Å². The quantitative estimate of drug-likeness (QED) is 0.717. The Morgan fingerprint density at radius 2 is 2.04 bits per heavy atom. The predicted molar refractivity (Wildman–Crippen MR) is 94.6 cm³/mol. The van der Waals surface area contributed by atoms with Crippen molar-refractivity contribution < 1.29 is 18.8 Å². The number of morpholine rings is 1. The average molecular weight is 408 g/mol. The van der Waals surface area contributed by atoms with Crippen LogP contribution in [-0.4, -0.2) is 44.4 Å². The molecule has 0 amide bonds. The van der Waals surface area contributed by atoms with E-state index >= 15 is 0 Å². The summed E-state index contributed by atoms with van der Waals surface area (Å²) in [4.78, 5) is 5.66. The van der Waals surface area contributed by atoms with E-state index < -0.39 is 0 Å². The van der Waals surface area contributed by atoms with Crippen molar-refractivity contribution in [3.05, 3.63) is 40.3 Å². The number of aromatic nitrogens is 1. The van der Waals surface area contributed by atoms with Gasteiger partial charge in [-0.2, -0.15) is 10.2 Å². The molecule has 0 spiro atoms. The second-order valence-corrected chi connectivity index (χ2v) is 6.59. The summed E-state index contributed by atoms with van der Waals surface area (Å²) in [7, 11) is 0. The van der Waals surface area contributed by atoms with Gasteiger partial charge in [0.15, 0.2) is 6.61 Å². The lowest BCUT2D eigenvalue weighted by atomic mass is 10.3. The zero-order chi connectivity index (χ0) is 17.5. The third kappa shape index (κ3) is 5.19. The Labute approximate surface area is 154 Å². The fraction of sp³-hybridized carbons (Fsp3) is 0.412. The van der Waals surface area contributed by atoms with Crippen molar-refractivity contribution in [1.29, 1.82) is 5.26 Å². The van der Waals surface area contributed by atoms with Gasteiger partial charge in [-0.1, -0.05) is 15.9 Å². The van der Waals surface area contributed by atoms with E-state index in [9.17, 15) is 5.26 Å². The minimum atomic E-state index is 0.173. The van der Waals surface area contributed by atoms with Crippen LogP contribution in [0.25, 0.3) is 0 Å². The molecule has 0 atom stereocenters. The van der Waals surface area contributed by atoms with Crippen molar-refractivity contribution in [3.8, 4) is 11.8 Å². The number of anilines is 1. The van der Waals surface area contributed by atoms with Gasteiger partial charge < -0.3 is 24.1 Å². The van der Waals surface area contributed by atoms with Gasteiger partial charge in [-0.15, -0.1) is 0 Å². The number of quaternary nitrogens is 1. The molecule has 1 saturated heterocycles. The topological polar surface area (TPSA) is 84.8 Å². The molecule has 2 heterocycles. The van der Waals surface area contributed by atoms with Crippen molar-refractivity contribution in [2.24, 2.45) is 0 Å². The van der Waals surface area contributed by atoms with Gasteiger partial charge in [0.25, 0.3) is 0 Å². The number of rotatable bonds is 7. The van der Waals surface area contributed by atoms with Crippen molar-refractivity contribution in [1.82, 2.24) is 4.98 Å². The first-order valence-electron chi connectivity index (χ1n) is 8.18. The molecule has 0 unspecified atom stereocenters. The molecule has 1 aliphatic rings. The summed E-state index contributed by atoms with van der Waals surface area (Å²) in [6.07, 6.45) is 0.